The average Bonchev–Trinajstić information content (AvgIpc) is 3.12. The Bertz CT molecular complexity index is 954. The highest BCUT2D eigenvalue weighted by Crippen LogP contribution is 2.21. The number of benzene rings is 2. The fraction of sp³-hybridized carbons (Fsp3) is 0.300. The molecule has 1 fully saturated rings. The van der Waals surface area contributed by atoms with Gasteiger partial charge in [0.25, 0.3) is 5.91 Å². The van der Waals surface area contributed by atoms with E-state index in [0.717, 1.165) is 24.2 Å². The van der Waals surface area contributed by atoms with Gasteiger partial charge in [0.1, 0.15) is 0 Å². The molecule has 148 valence electrons. The zero-order valence-corrected chi connectivity index (χ0v) is 16.5. The quantitative estimate of drug-likeness (QED) is 0.742. The van der Waals surface area contributed by atoms with E-state index in [2.05, 4.69) is 10.0 Å². The van der Waals surface area contributed by atoms with E-state index in [1.54, 1.807) is 11.8 Å². The van der Waals surface area contributed by atoms with E-state index in [-0.39, 0.29) is 16.7 Å². The van der Waals surface area contributed by atoms with Crippen molar-refractivity contribution in [2.75, 3.05) is 18.0 Å². The van der Waals surface area contributed by atoms with Crippen LogP contribution in [0.1, 0.15) is 35.7 Å². The lowest BCUT2D eigenvalue weighted by Gasteiger charge is -2.16. The molecule has 2 N–H and O–H groups in total. The molecule has 0 saturated carbocycles. The molecule has 1 heterocycles. The van der Waals surface area contributed by atoms with Crippen molar-refractivity contribution in [2.45, 2.75) is 31.2 Å². The minimum atomic E-state index is -3.53. The van der Waals surface area contributed by atoms with Crippen molar-refractivity contribution in [1.29, 1.82) is 0 Å². The summed E-state index contributed by atoms with van der Waals surface area (Å²) in [6.45, 7) is 3.09. The Morgan fingerprint density at radius 1 is 1.07 bits per heavy atom. The van der Waals surface area contributed by atoms with Crippen molar-refractivity contribution >= 4 is 27.5 Å². The number of hydrogen-bond donors (Lipinski definition) is 2. The third kappa shape index (κ3) is 4.58. The number of nitrogens with zero attached hydrogens (tertiary/aromatic N) is 1. The van der Waals surface area contributed by atoms with Gasteiger partial charge in [0, 0.05) is 37.3 Å². The van der Waals surface area contributed by atoms with Crippen LogP contribution >= 0.6 is 0 Å². The number of nitrogens with one attached hydrogen (secondary N) is 2. The largest absolute Gasteiger partial charge is 0.348 e. The predicted molar refractivity (Wildman–Crippen MR) is 107 cm³/mol. The molecule has 7 nitrogen and oxygen atoms in total. The summed E-state index contributed by atoms with van der Waals surface area (Å²) in [4.78, 5) is 26.0. The van der Waals surface area contributed by atoms with Gasteiger partial charge in [0.05, 0.1) is 4.90 Å². The van der Waals surface area contributed by atoms with Crippen molar-refractivity contribution in [2.24, 2.45) is 0 Å². The first-order valence-corrected chi connectivity index (χ1v) is 10.7. The second kappa shape index (κ2) is 8.53. The molecule has 2 amide bonds. The molecule has 0 radical (unpaired) electrons. The average molecular weight is 401 g/mol. The van der Waals surface area contributed by atoms with E-state index < -0.39 is 10.0 Å². The lowest BCUT2D eigenvalue weighted by molar-refractivity contribution is -0.117. The van der Waals surface area contributed by atoms with E-state index >= 15 is 0 Å². The number of amides is 2. The van der Waals surface area contributed by atoms with Crippen LogP contribution in [0.3, 0.4) is 0 Å². The second-order valence-corrected chi connectivity index (χ2v) is 8.29. The van der Waals surface area contributed by atoms with Gasteiger partial charge in [-0.2, -0.15) is 0 Å². The number of anilines is 1. The Morgan fingerprint density at radius 2 is 1.75 bits per heavy atom. The van der Waals surface area contributed by atoms with Crippen molar-refractivity contribution in [1.82, 2.24) is 10.0 Å². The van der Waals surface area contributed by atoms with E-state index in [0.29, 0.717) is 25.1 Å². The molecule has 0 unspecified atom stereocenters. The summed E-state index contributed by atoms with van der Waals surface area (Å²) in [5.41, 5.74) is 2.17. The summed E-state index contributed by atoms with van der Waals surface area (Å²) >= 11 is 0. The van der Waals surface area contributed by atoms with Crippen LogP contribution in [0.2, 0.25) is 0 Å². The van der Waals surface area contributed by atoms with Gasteiger partial charge in [0.2, 0.25) is 15.9 Å². The summed E-state index contributed by atoms with van der Waals surface area (Å²) in [6.07, 6.45) is 1.47. The van der Waals surface area contributed by atoms with Crippen LogP contribution in [0, 0.1) is 0 Å². The standard InChI is InChI=1S/C20H23N3O4S/c1-2-22-28(26,27)18-11-7-16(8-12-18)20(25)21-14-15-5-9-17(10-6-15)23-13-3-4-19(23)24/h5-12,22H,2-4,13-14H2,1H3,(H,21,25). The van der Waals surface area contributed by atoms with Crippen LogP contribution in [0.15, 0.2) is 53.4 Å². The summed E-state index contributed by atoms with van der Waals surface area (Å²) in [5, 5.41) is 2.81. The van der Waals surface area contributed by atoms with Crippen LogP contribution < -0.4 is 14.9 Å². The predicted octanol–water partition coefficient (Wildman–Crippen LogP) is 2.04. The highest BCUT2D eigenvalue weighted by Gasteiger charge is 2.21. The van der Waals surface area contributed by atoms with Gasteiger partial charge >= 0.3 is 0 Å². The van der Waals surface area contributed by atoms with Crippen LogP contribution in [0.4, 0.5) is 5.69 Å². The third-order valence-electron chi connectivity index (χ3n) is 4.54. The molecule has 0 aromatic heterocycles. The molecular formula is C20H23N3O4S. The highest BCUT2D eigenvalue weighted by atomic mass is 32.2. The third-order valence-corrected chi connectivity index (χ3v) is 6.10. The fourth-order valence-corrected chi connectivity index (χ4v) is 4.10. The number of carbonyl (C=O) groups excluding carboxylic acids is 2. The first kappa shape index (κ1) is 20.0. The Kier molecular flexibility index (Phi) is 6.11. The molecular weight excluding hydrogens is 378 g/mol. The van der Waals surface area contributed by atoms with E-state index in [9.17, 15) is 18.0 Å². The molecule has 8 heteroatoms. The van der Waals surface area contributed by atoms with Gasteiger partial charge in [-0.15, -0.1) is 0 Å². The van der Waals surface area contributed by atoms with Gasteiger partial charge in [-0.05, 0) is 48.4 Å². The topological polar surface area (TPSA) is 95.6 Å². The smallest absolute Gasteiger partial charge is 0.251 e. The maximum atomic E-state index is 12.3. The van der Waals surface area contributed by atoms with E-state index in [1.165, 1.54) is 24.3 Å². The molecule has 2 aromatic carbocycles. The lowest BCUT2D eigenvalue weighted by atomic mass is 10.1. The maximum absolute atomic E-state index is 12.3. The Balaban J connectivity index is 1.59. The SMILES string of the molecule is CCNS(=O)(=O)c1ccc(C(=O)NCc2ccc(N3CCCC3=O)cc2)cc1. The van der Waals surface area contributed by atoms with Gasteiger partial charge in [-0.3, -0.25) is 9.59 Å². The van der Waals surface area contributed by atoms with Crippen LogP contribution in [0.5, 0.6) is 0 Å². The monoisotopic (exact) mass is 401 g/mol. The molecule has 0 spiro atoms. The minimum absolute atomic E-state index is 0.123. The number of carbonyl (C=O) groups is 2. The molecule has 1 saturated heterocycles. The first-order chi connectivity index (χ1) is 13.4. The summed E-state index contributed by atoms with van der Waals surface area (Å²) in [6, 6.07) is 13.3. The van der Waals surface area contributed by atoms with Crippen LogP contribution in [0.25, 0.3) is 0 Å². The normalized spacial score (nSPS) is 14.3. The number of sulfonamides is 1. The van der Waals surface area contributed by atoms with Crippen LogP contribution in [-0.2, 0) is 21.4 Å². The zero-order valence-electron chi connectivity index (χ0n) is 15.6. The molecule has 0 bridgehead atoms. The van der Waals surface area contributed by atoms with Gasteiger partial charge < -0.3 is 10.2 Å². The lowest BCUT2D eigenvalue weighted by Crippen LogP contribution is -2.25. The van der Waals surface area contributed by atoms with E-state index in [1.807, 2.05) is 24.3 Å². The summed E-state index contributed by atoms with van der Waals surface area (Å²) in [5.74, 6) is -0.146. The van der Waals surface area contributed by atoms with Gasteiger partial charge in [-0.25, -0.2) is 13.1 Å². The Labute approximate surface area is 164 Å². The van der Waals surface area contributed by atoms with Crippen molar-refractivity contribution in [3.05, 3.63) is 59.7 Å². The summed E-state index contributed by atoms with van der Waals surface area (Å²) < 4.78 is 26.3. The van der Waals surface area contributed by atoms with Crippen molar-refractivity contribution in [3.8, 4) is 0 Å². The van der Waals surface area contributed by atoms with E-state index in [4.69, 9.17) is 0 Å². The van der Waals surface area contributed by atoms with Crippen molar-refractivity contribution < 1.29 is 18.0 Å². The second-order valence-electron chi connectivity index (χ2n) is 6.52. The molecule has 3 rings (SSSR count). The minimum Gasteiger partial charge on any atom is -0.348 e. The molecule has 28 heavy (non-hydrogen) atoms. The highest BCUT2D eigenvalue weighted by molar-refractivity contribution is 7.89. The Hall–Kier alpha value is -2.71. The van der Waals surface area contributed by atoms with Gasteiger partial charge in [-0.1, -0.05) is 19.1 Å². The first-order valence-electron chi connectivity index (χ1n) is 9.18. The summed E-state index contributed by atoms with van der Waals surface area (Å²) in [7, 11) is -3.53. The molecule has 0 aliphatic carbocycles. The zero-order chi connectivity index (χ0) is 20.1. The molecule has 1 aliphatic heterocycles. The number of rotatable bonds is 7. The fourth-order valence-electron chi connectivity index (χ4n) is 3.06. The molecule has 1 aliphatic rings. The van der Waals surface area contributed by atoms with Crippen molar-refractivity contribution in [3.63, 3.8) is 0 Å². The molecule has 2 aromatic rings. The maximum Gasteiger partial charge on any atom is 0.251 e. The number of hydrogen-bond acceptors (Lipinski definition) is 4. The van der Waals surface area contributed by atoms with Crippen LogP contribution in [-0.4, -0.2) is 33.3 Å². The van der Waals surface area contributed by atoms with Gasteiger partial charge in [0.15, 0.2) is 0 Å². The molecule has 0 atom stereocenters. The Morgan fingerprint density at radius 3 is 2.32 bits per heavy atom.